The van der Waals surface area contributed by atoms with Crippen molar-refractivity contribution in [1.82, 2.24) is 4.98 Å². The molecule has 0 saturated carbocycles. The largest absolute Gasteiger partial charge is 0.308 e. The first-order valence-electron chi connectivity index (χ1n) is 3.34. The van der Waals surface area contributed by atoms with Crippen molar-refractivity contribution in [3.05, 3.63) is 26.3 Å². The van der Waals surface area contributed by atoms with Gasteiger partial charge in [0.15, 0.2) is 5.82 Å². The topological polar surface area (TPSA) is 94.1 Å². The van der Waals surface area contributed by atoms with Crippen LogP contribution >= 0.6 is 15.9 Å². The molecule has 0 unspecified atom stereocenters. The maximum atomic E-state index is 10.5. The fourth-order valence-electron chi connectivity index (χ4n) is 0.854. The zero-order valence-corrected chi connectivity index (χ0v) is 8.33. The zero-order chi connectivity index (χ0) is 10.0. The highest BCUT2D eigenvalue weighted by atomic mass is 79.9. The van der Waals surface area contributed by atoms with Crippen LogP contribution < -0.4 is 11.3 Å². The molecule has 0 aliphatic heterocycles. The summed E-state index contributed by atoms with van der Waals surface area (Å²) in [6.07, 6.45) is 1.16. The Balaban J connectivity index is 3.31. The van der Waals surface area contributed by atoms with Crippen LogP contribution in [0.3, 0.4) is 0 Å². The maximum Gasteiger partial charge on any atom is 0.291 e. The number of nitro groups is 1. The molecule has 0 fully saturated rings. The lowest BCUT2D eigenvalue weighted by Crippen LogP contribution is -2.10. The normalized spacial score (nSPS) is 9.77. The van der Waals surface area contributed by atoms with Gasteiger partial charge in [-0.2, -0.15) is 0 Å². The van der Waals surface area contributed by atoms with E-state index in [-0.39, 0.29) is 5.69 Å². The number of aromatic nitrogens is 1. The molecular formula is C6H7BrN4O2. The molecule has 0 atom stereocenters. The molecule has 3 N–H and O–H groups in total. The summed E-state index contributed by atoms with van der Waals surface area (Å²) in [4.78, 5) is 13.7. The predicted molar refractivity (Wildman–Crippen MR) is 51.1 cm³/mol. The molecule has 0 spiro atoms. The molecule has 1 aromatic rings. The number of nitrogens with two attached hydrogens (primary N) is 1. The Hall–Kier alpha value is -1.21. The van der Waals surface area contributed by atoms with Gasteiger partial charge in [-0.15, -0.1) is 0 Å². The Morgan fingerprint density at radius 2 is 2.38 bits per heavy atom. The zero-order valence-electron chi connectivity index (χ0n) is 6.74. The van der Waals surface area contributed by atoms with Crippen molar-refractivity contribution in [1.29, 1.82) is 0 Å². The minimum Gasteiger partial charge on any atom is -0.308 e. The minimum atomic E-state index is -0.493. The standard InChI is InChI=1S/C6H7BrN4O2/c1-3-4(11(12)13)2-9-6(10-8)5(3)7/h2H,8H2,1H3,(H,9,10). The van der Waals surface area contributed by atoms with E-state index < -0.39 is 4.92 Å². The van der Waals surface area contributed by atoms with Crippen LogP contribution in [0.15, 0.2) is 10.7 Å². The van der Waals surface area contributed by atoms with Gasteiger partial charge >= 0.3 is 0 Å². The van der Waals surface area contributed by atoms with Crippen LogP contribution in [0.1, 0.15) is 5.56 Å². The highest BCUT2D eigenvalue weighted by molar-refractivity contribution is 9.10. The fraction of sp³-hybridized carbons (Fsp3) is 0.167. The predicted octanol–water partition coefficient (Wildman–Crippen LogP) is 1.35. The highest BCUT2D eigenvalue weighted by Crippen LogP contribution is 2.29. The number of hydrogen-bond acceptors (Lipinski definition) is 5. The van der Waals surface area contributed by atoms with Crippen LogP contribution in [0.25, 0.3) is 0 Å². The van der Waals surface area contributed by atoms with Crippen molar-refractivity contribution in [3.63, 3.8) is 0 Å². The Morgan fingerprint density at radius 3 is 2.85 bits per heavy atom. The highest BCUT2D eigenvalue weighted by Gasteiger charge is 2.16. The molecule has 0 bridgehead atoms. The van der Waals surface area contributed by atoms with E-state index in [0.717, 1.165) is 6.20 Å². The third kappa shape index (κ3) is 1.76. The summed E-state index contributed by atoms with van der Waals surface area (Å²) < 4.78 is 0.504. The molecule has 1 aromatic heterocycles. The van der Waals surface area contributed by atoms with Crippen molar-refractivity contribution in [2.75, 3.05) is 5.43 Å². The van der Waals surface area contributed by atoms with Gasteiger partial charge in [-0.3, -0.25) is 10.1 Å². The van der Waals surface area contributed by atoms with Crippen molar-refractivity contribution in [2.24, 2.45) is 5.84 Å². The van der Waals surface area contributed by atoms with E-state index in [0.29, 0.717) is 15.9 Å². The van der Waals surface area contributed by atoms with Crippen LogP contribution in [-0.4, -0.2) is 9.91 Å². The average Bonchev–Trinajstić information content (AvgIpc) is 2.09. The molecule has 0 aliphatic rings. The van der Waals surface area contributed by atoms with Gasteiger partial charge in [0, 0.05) is 5.56 Å². The van der Waals surface area contributed by atoms with Gasteiger partial charge in [0.2, 0.25) is 0 Å². The summed E-state index contributed by atoms with van der Waals surface area (Å²) in [7, 11) is 0. The van der Waals surface area contributed by atoms with Crippen molar-refractivity contribution >= 4 is 27.4 Å². The van der Waals surface area contributed by atoms with E-state index in [4.69, 9.17) is 5.84 Å². The van der Waals surface area contributed by atoms with Crippen LogP contribution in [0.2, 0.25) is 0 Å². The first-order valence-corrected chi connectivity index (χ1v) is 4.13. The molecule has 13 heavy (non-hydrogen) atoms. The van der Waals surface area contributed by atoms with Gasteiger partial charge in [-0.25, -0.2) is 10.8 Å². The molecule has 0 saturated heterocycles. The van der Waals surface area contributed by atoms with E-state index in [1.807, 2.05) is 0 Å². The minimum absolute atomic E-state index is 0.0362. The van der Waals surface area contributed by atoms with E-state index in [1.54, 1.807) is 6.92 Å². The smallest absolute Gasteiger partial charge is 0.291 e. The van der Waals surface area contributed by atoms with Crippen LogP contribution in [0, 0.1) is 17.0 Å². The SMILES string of the molecule is Cc1c([N+](=O)[O-])cnc(NN)c1Br. The quantitative estimate of drug-likeness (QED) is 0.467. The van der Waals surface area contributed by atoms with Gasteiger partial charge in [0.25, 0.3) is 5.69 Å². The summed E-state index contributed by atoms with van der Waals surface area (Å²) in [6.45, 7) is 1.62. The lowest BCUT2D eigenvalue weighted by molar-refractivity contribution is -0.385. The molecule has 0 radical (unpaired) electrons. The number of halogens is 1. The van der Waals surface area contributed by atoms with Crippen LogP contribution in [0.4, 0.5) is 11.5 Å². The number of pyridine rings is 1. The van der Waals surface area contributed by atoms with E-state index in [2.05, 4.69) is 26.3 Å². The summed E-state index contributed by atoms with van der Waals surface area (Å²) in [5.74, 6) is 5.51. The van der Waals surface area contributed by atoms with Gasteiger partial charge in [0.1, 0.15) is 6.20 Å². The average molecular weight is 247 g/mol. The second-order valence-corrected chi connectivity index (χ2v) is 3.13. The lowest BCUT2D eigenvalue weighted by Gasteiger charge is -2.04. The van der Waals surface area contributed by atoms with Crippen molar-refractivity contribution in [2.45, 2.75) is 6.92 Å². The second-order valence-electron chi connectivity index (χ2n) is 2.33. The third-order valence-corrected chi connectivity index (χ3v) is 2.54. The number of nitrogens with one attached hydrogen (secondary N) is 1. The molecular weight excluding hydrogens is 240 g/mol. The van der Waals surface area contributed by atoms with Gasteiger partial charge < -0.3 is 5.43 Å². The molecule has 1 heterocycles. The van der Waals surface area contributed by atoms with Crippen LogP contribution in [-0.2, 0) is 0 Å². The second kappa shape index (κ2) is 3.67. The number of hydrazine groups is 1. The first kappa shape index (κ1) is 9.87. The monoisotopic (exact) mass is 246 g/mol. The molecule has 6 nitrogen and oxygen atoms in total. The Kier molecular flexibility index (Phi) is 2.79. The Labute approximate surface area is 82.4 Å². The number of nitrogens with zero attached hydrogens (tertiary/aromatic N) is 2. The summed E-state index contributed by atoms with van der Waals surface area (Å²) >= 11 is 3.15. The molecule has 0 aliphatic carbocycles. The molecule has 0 amide bonds. The summed E-state index contributed by atoms with van der Waals surface area (Å²) in [6, 6.07) is 0. The molecule has 0 aromatic carbocycles. The fourth-order valence-corrected chi connectivity index (χ4v) is 1.27. The van der Waals surface area contributed by atoms with E-state index >= 15 is 0 Å². The molecule has 1 rings (SSSR count). The number of nitrogen functional groups attached to an aromatic ring is 1. The van der Waals surface area contributed by atoms with Gasteiger partial charge in [-0.05, 0) is 22.9 Å². The van der Waals surface area contributed by atoms with Gasteiger partial charge in [-0.1, -0.05) is 0 Å². The number of rotatable bonds is 2. The van der Waals surface area contributed by atoms with Gasteiger partial charge in [0.05, 0.1) is 9.40 Å². The van der Waals surface area contributed by atoms with Crippen LogP contribution in [0.5, 0.6) is 0 Å². The lowest BCUT2D eigenvalue weighted by atomic mass is 10.2. The third-order valence-electron chi connectivity index (χ3n) is 1.57. The van der Waals surface area contributed by atoms with E-state index in [1.165, 1.54) is 0 Å². The summed E-state index contributed by atoms with van der Waals surface area (Å²) in [5, 5.41) is 10.5. The van der Waals surface area contributed by atoms with Crippen molar-refractivity contribution < 1.29 is 4.92 Å². The first-order chi connectivity index (χ1) is 6.07. The number of hydrogen-bond donors (Lipinski definition) is 2. The maximum absolute atomic E-state index is 10.5. The number of anilines is 1. The summed E-state index contributed by atoms with van der Waals surface area (Å²) in [5.41, 5.74) is 2.78. The molecule has 7 heteroatoms. The van der Waals surface area contributed by atoms with E-state index in [9.17, 15) is 10.1 Å². The Morgan fingerprint density at radius 1 is 1.77 bits per heavy atom. The Bertz CT molecular complexity index is 355. The van der Waals surface area contributed by atoms with Crippen molar-refractivity contribution in [3.8, 4) is 0 Å². The molecule has 70 valence electrons.